The number of hydrogen-bond donors (Lipinski definition) is 2. The molecule has 0 aliphatic carbocycles. The van der Waals surface area contributed by atoms with E-state index in [4.69, 9.17) is 4.98 Å². The molecule has 44 heavy (non-hydrogen) atoms. The number of amides is 1. The van der Waals surface area contributed by atoms with E-state index in [0.717, 1.165) is 35.2 Å². The van der Waals surface area contributed by atoms with Crippen molar-refractivity contribution >= 4 is 40.0 Å². The van der Waals surface area contributed by atoms with Crippen LogP contribution in [0.25, 0.3) is 16.9 Å². The molecule has 1 atom stereocenters. The Morgan fingerprint density at radius 1 is 1.05 bits per heavy atom. The van der Waals surface area contributed by atoms with Crippen LogP contribution in [-0.4, -0.2) is 63.6 Å². The molecule has 5 aromatic rings. The van der Waals surface area contributed by atoms with E-state index in [-0.39, 0.29) is 11.6 Å². The normalized spacial score (nSPS) is 15.2. The lowest BCUT2D eigenvalue weighted by Crippen LogP contribution is -2.31. The van der Waals surface area contributed by atoms with Crippen LogP contribution in [0.2, 0.25) is 0 Å². The molecule has 0 saturated carbocycles. The van der Waals surface area contributed by atoms with Gasteiger partial charge in [0, 0.05) is 48.0 Å². The summed E-state index contributed by atoms with van der Waals surface area (Å²) >= 11 is 0. The van der Waals surface area contributed by atoms with Gasteiger partial charge in [-0.1, -0.05) is 18.2 Å². The molecule has 1 fully saturated rings. The monoisotopic (exact) mass is 600 g/mol. The van der Waals surface area contributed by atoms with Gasteiger partial charge in [0.1, 0.15) is 12.1 Å². The standard InChI is InChI=1S/C32H31F3N8O/c1-20-8-9-23(17-27(20)40-31-39-26-6-4-5-7-28(26)43(31)29-10-12-36-19-37-29)38-30(44)21-14-22(32(33,34)35)16-25(15-21)42-13-11-24(18-42)41(2)3/h4-10,12,14-17,19,24H,11,13,18H2,1-3H3,(H,38,44)(H,39,40). The van der Waals surface area contributed by atoms with E-state index < -0.39 is 17.6 Å². The number of nitrogens with zero attached hydrogens (tertiary/aromatic N) is 6. The van der Waals surface area contributed by atoms with Gasteiger partial charge in [-0.15, -0.1) is 0 Å². The second-order valence-corrected chi connectivity index (χ2v) is 11.1. The van der Waals surface area contributed by atoms with Crippen LogP contribution in [0.15, 0.2) is 79.3 Å². The highest BCUT2D eigenvalue weighted by Gasteiger charge is 2.33. The average molecular weight is 601 g/mol. The van der Waals surface area contributed by atoms with Gasteiger partial charge >= 0.3 is 6.18 Å². The van der Waals surface area contributed by atoms with Crippen molar-refractivity contribution < 1.29 is 18.0 Å². The Balaban J connectivity index is 1.29. The Labute approximate surface area is 252 Å². The molecule has 1 saturated heterocycles. The zero-order valence-corrected chi connectivity index (χ0v) is 24.4. The van der Waals surface area contributed by atoms with Crippen molar-refractivity contribution in [1.82, 2.24) is 24.4 Å². The number of alkyl halides is 3. The number of aromatic nitrogens is 4. The van der Waals surface area contributed by atoms with Gasteiger partial charge in [0.2, 0.25) is 5.95 Å². The van der Waals surface area contributed by atoms with Gasteiger partial charge in [0.15, 0.2) is 0 Å². The van der Waals surface area contributed by atoms with Gasteiger partial charge in [-0.25, -0.2) is 15.0 Å². The minimum atomic E-state index is -4.60. The first-order chi connectivity index (χ1) is 21.1. The first-order valence-corrected chi connectivity index (χ1v) is 14.1. The number of rotatable bonds is 7. The van der Waals surface area contributed by atoms with E-state index >= 15 is 0 Å². The number of para-hydroxylation sites is 2. The number of anilines is 4. The number of imidazole rings is 1. The number of aryl methyl sites for hydroxylation is 1. The van der Waals surface area contributed by atoms with Crippen molar-refractivity contribution in [3.05, 3.63) is 95.9 Å². The zero-order chi connectivity index (χ0) is 31.0. The summed E-state index contributed by atoms with van der Waals surface area (Å²) in [5, 5.41) is 6.14. The molecule has 1 aliphatic heterocycles. The molecule has 2 N–H and O–H groups in total. The smallest absolute Gasteiger partial charge is 0.370 e. The summed E-state index contributed by atoms with van der Waals surface area (Å²) in [6, 6.07) is 18.4. The fourth-order valence-corrected chi connectivity index (χ4v) is 5.40. The van der Waals surface area contributed by atoms with E-state index in [1.54, 1.807) is 24.4 Å². The predicted molar refractivity (Wildman–Crippen MR) is 165 cm³/mol. The van der Waals surface area contributed by atoms with Gasteiger partial charge in [-0.05, 0) is 81.5 Å². The molecule has 12 heteroatoms. The number of halogens is 3. The fraction of sp³-hybridized carbons (Fsp3) is 0.250. The molecule has 6 rings (SSSR count). The van der Waals surface area contributed by atoms with Gasteiger partial charge < -0.3 is 20.4 Å². The maximum absolute atomic E-state index is 13.9. The molecule has 1 aliphatic rings. The molecule has 1 unspecified atom stereocenters. The van der Waals surface area contributed by atoms with Crippen molar-refractivity contribution in [2.75, 3.05) is 42.7 Å². The Morgan fingerprint density at radius 3 is 2.59 bits per heavy atom. The molecule has 1 amide bonds. The highest BCUT2D eigenvalue weighted by atomic mass is 19.4. The van der Waals surface area contributed by atoms with Crippen molar-refractivity contribution in [2.45, 2.75) is 25.6 Å². The van der Waals surface area contributed by atoms with E-state index in [2.05, 4.69) is 25.5 Å². The van der Waals surface area contributed by atoms with Gasteiger partial charge in [0.05, 0.1) is 16.6 Å². The molecule has 3 aromatic carbocycles. The summed E-state index contributed by atoms with van der Waals surface area (Å²) < 4.78 is 43.5. The summed E-state index contributed by atoms with van der Waals surface area (Å²) in [7, 11) is 3.91. The zero-order valence-electron chi connectivity index (χ0n) is 24.4. The second kappa shape index (κ2) is 11.6. The number of benzene rings is 3. The number of likely N-dealkylation sites (N-methyl/N-ethyl adjacent to an activating group) is 1. The van der Waals surface area contributed by atoms with E-state index in [0.29, 0.717) is 41.9 Å². The first-order valence-electron chi connectivity index (χ1n) is 14.1. The molecule has 9 nitrogen and oxygen atoms in total. The number of carbonyl (C=O) groups excluding carboxylic acids is 1. The molecular formula is C32H31F3N8O. The number of fused-ring (bicyclic) bond motifs is 1. The number of carbonyl (C=O) groups is 1. The fourth-order valence-electron chi connectivity index (χ4n) is 5.40. The molecule has 2 aromatic heterocycles. The van der Waals surface area contributed by atoms with Crippen molar-refractivity contribution in [1.29, 1.82) is 0 Å². The third-order valence-corrected chi connectivity index (χ3v) is 7.86. The summed E-state index contributed by atoms with van der Waals surface area (Å²) in [5.74, 6) is 0.484. The molecule has 0 spiro atoms. The Hall–Kier alpha value is -4.97. The van der Waals surface area contributed by atoms with Crippen LogP contribution >= 0.6 is 0 Å². The van der Waals surface area contributed by atoms with E-state index in [1.165, 1.54) is 12.4 Å². The average Bonchev–Trinajstić information content (AvgIpc) is 3.64. The van der Waals surface area contributed by atoms with Crippen molar-refractivity contribution in [2.24, 2.45) is 0 Å². The third kappa shape index (κ3) is 5.93. The van der Waals surface area contributed by atoms with Crippen molar-refractivity contribution in [3.63, 3.8) is 0 Å². The summed E-state index contributed by atoms with van der Waals surface area (Å²) in [5.41, 5.74) is 2.99. The topological polar surface area (TPSA) is 91.2 Å². The largest absolute Gasteiger partial charge is 0.416 e. The molecule has 0 radical (unpaired) electrons. The maximum Gasteiger partial charge on any atom is 0.416 e. The Bertz CT molecular complexity index is 1820. The minimum Gasteiger partial charge on any atom is -0.370 e. The van der Waals surface area contributed by atoms with Crippen LogP contribution in [0.5, 0.6) is 0 Å². The third-order valence-electron chi connectivity index (χ3n) is 7.86. The molecule has 226 valence electrons. The van der Waals surface area contributed by atoms with E-state index in [1.807, 2.05) is 60.8 Å². The lowest BCUT2D eigenvalue weighted by Gasteiger charge is -2.23. The second-order valence-electron chi connectivity index (χ2n) is 11.1. The van der Waals surface area contributed by atoms with Gasteiger partial charge in [0.25, 0.3) is 5.91 Å². The summed E-state index contributed by atoms with van der Waals surface area (Å²) in [4.78, 5) is 30.5. The predicted octanol–water partition coefficient (Wildman–Crippen LogP) is 6.28. The van der Waals surface area contributed by atoms with Crippen LogP contribution in [0.1, 0.15) is 27.9 Å². The summed E-state index contributed by atoms with van der Waals surface area (Å²) in [6.45, 7) is 3.10. The Morgan fingerprint density at radius 2 is 1.86 bits per heavy atom. The SMILES string of the molecule is Cc1ccc(NC(=O)c2cc(N3CCC(N(C)C)C3)cc(C(F)(F)F)c2)cc1Nc1nc2ccccc2n1-c1ccncn1. The van der Waals surface area contributed by atoms with Crippen LogP contribution in [0, 0.1) is 6.92 Å². The van der Waals surface area contributed by atoms with Gasteiger partial charge in [-0.2, -0.15) is 13.2 Å². The molecule has 3 heterocycles. The van der Waals surface area contributed by atoms with Crippen LogP contribution < -0.4 is 15.5 Å². The first kappa shape index (κ1) is 29.1. The number of nitrogens with one attached hydrogen (secondary N) is 2. The lowest BCUT2D eigenvalue weighted by atomic mass is 10.1. The van der Waals surface area contributed by atoms with E-state index in [9.17, 15) is 18.0 Å². The minimum absolute atomic E-state index is 0.0660. The van der Waals surface area contributed by atoms with Gasteiger partial charge in [-0.3, -0.25) is 9.36 Å². The van der Waals surface area contributed by atoms with Crippen LogP contribution in [0.3, 0.4) is 0 Å². The summed E-state index contributed by atoms with van der Waals surface area (Å²) in [6.07, 6.45) is -0.665. The van der Waals surface area contributed by atoms with Crippen LogP contribution in [0.4, 0.5) is 36.2 Å². The molecule has 0 bridgehead atoms. The maximum atomic E-state index is 13.9. The van der Waals surface area contributed by atoms with Crippen LogP contribution in [-0.2, 0) is 6.18 Å². The Kier molecular flexibility index (Phi) is 7.68. The lowest BCUT2D eigenvalue weighted by molar-refractivity contribution is -0.137. The molecular weight excluding hydrogens is 569 g/mol. The van der Waals surface area contributed by atoms with Crippen molar-refractivity contribution in [3.8, 4) is 5.82 Å². The number of hydrogen-bond acceptors (Lipinski definition) is 7. The highest BCUT2D eigenvalue weighted by molar-refractivity contribution is 6.05. The quantitative estimate of drug-likeness (QED) is 0.227. The highest BCUT2D eigenvalue weighted by Crippen LogP contribution is 2.35.